The molecule has 20 heavy (non-hydrogen) atoms. The molecule has 1 aromatic carbocycles. The third kappa shape index (κ3) is 4.20. The molecule has 0 aliphatic carbocycles. The van der Waals surface area contributed by atoms with Crippen LogP contribution < -0.4 is 5.32 Å². The van der Waals surface area contributed by atoms with Crippen molar-refractivity contribution >= 4 is 28.9 Å². The van der Waals surface area contributed by atoms with Gasteiger partial charge in [0, 0.05) is 5.69 Å². The molecule has 2 aromatic rings. The molecule has 0 spiro atoms. The van der Waals surface area contributed by atoms with Crippen LogP contribution in [0.15, 0.2) is 47.2 Å². The second-order valence-electron chi connectivity index (χ2n) is 4.30. The smallest absolute Gasteiger partial charge is 0.311 e. The van der Waals surface area contributed by atoms with E-state index < -0.39 is 12.1 Å². The number of amides is 1. The molecule has 5 heteroatoms. The normalized spacial score (nSPS) is 11.7. The van der Waals surface area contributed by atoms with Gasteiger partial charge in [-0.1, -0.05) is 18.2 Å². The molecular formula is C15H15NO3S. The zero-order chi connectivity index (χ0) is 14.4. The van der Waals surface area contributed by atoms with Crippen LogP contribution in [0.25, 0.3) is 0 Å². The first-order valence-electron chi connectivity index (χ1n) is 6.21. The number of hydrogen-bond acceptors (Lipinski definition) is 4. The molecule has 1 N–H and O–H groups in total. The number of thiophene rings is 1. The highest BCUT2D eigenvalue weighted by molar-refractivity contribution is 7.07. The number of benzene rings is 1. The van der Waals surface area contributed by atoms with Gasteiger partial charge in [-0.05, 0) is 41.4 Å². The van der Waals surface area contributed by atoms with Crippen molar-refractivity contribution < 1.29 is 14.3 Å². The highest BCUT2D eigenvalue weighted by atomic mass is 32.1. The van der Waals surface area contributed by atoms with E-state index in [0.717, 1.165) is 5.56 Å². The summed E-state index contributed by atoms with van der Waals surface area (Å²) in [6.45, 7) is 1.56. The first-order chi connectivity index (χ1) is 9.65. The van der Waals surface area contributed by atoms with Gasteiger partial charge in [0.2, 0.25) is 0 Å². The van der Waals surface area contributed by atoms with Crippen LogP contribution in [0.1, 0.15) is 12.5 Å². The Hall–Kier alpha value is -2.14. The average molecular weight is 289 g/mol. The van der Waals surface area contributed by atoms with Gasteiger partial charge in [0.1, 0.15) is 0 Å². The van der Waals surface area contributed by atoms with Gasteiger partial charge in [0.25, 0.3) is 5.91 Å². The van der Waals surface area contributed by atoms with Crippen molar-refractivity contribution in [3.8, 4) is 0 Å². The summed E-state index contributed by atoms with van der Waals surface area (Å²) < 4.78 is 5.11. The van der Waals surface area contributed by atoms with E-state index in [-0.39, 0.29) is 12.3 Å². The molecule has 1 atom stereocenters. The number of carbonyl (C=O) groups is 2. The van der Waals surface area contributed by atoms with Gasteiger partial charge in [-0.2, -0.15) is 11.3 Å². The number of nitrogens with one attached hydrogen (secondary N) is 1. The molecule has 0 fully saturated rings. The minimum atomic E-state index is -0.818. The number of rotatable bonds is 5. The number of hydrogen-bond donors (Lipinski definition) is 1. The molecule has 0 radical (unpaired) electrons. The first kappa shape index (κ1) is 14.3. The molecule has 0 saturated heterocycles. The fraction of sp³-hybridized carbons (Fsp3) is 0.200. The van der Waals surface area contributed by atoms with Crippen molar-refractivity contribution in [3.05, 3.63) is 52.7 Å². The van der Waals surface area contributed by atoms with E-state index in [4.69, 9.17) is 4.74 Å². The minimum Gasteiger partial charge on any atom is -0.452 e. The van der Waals surface area contributed by atoms with Crippen LogP contribution in [0.4, 0.5) is 5.69 Å². The van der Waals surface area contributed by atoms with Crippen LogP contribution in [-0.4, -0.2) is 18.0 Å². The molecular weight excluding hydrogens is 274 g/mol. The van der Waals surface area contributed by atoms with Crippen molar-refractivity contribution in [1.82, 2.24) is 0 Å². The van der Waals surface area contributed by atoms with E-state index in [1.54, 1.807) is 19.1 Å². The number of para-hydroxylation sites is 1. The van der Waals surface area contributed by atoms with E-state index in [1.807, 2.05) is 35.0 Å². The number of anilines is 1. The van der Waals surface area contributed by atoms with Crippen LogP contribution in [0.3, 0.4) is 0 Å². The minimum absolute atomic E-state index is 0.187. The molecule has 0 unspecified atom stereocenters. The summed E-state index contributed by atoms with van der Waals surface area (Å²) in [5.41, 5.74) is 1.58. The summed E-state index contributed by atoms with van der Waals surface area (Å²) in [4.78, 5) is 23.5. The van der Waals surface area contributed by atoms with Gasteiger partial charge >= 0.3 is 5.97 Å². The van der Waals surface area contributed by atoms with Crippen molar-refractivity contribution in [2.24, 2.45) is 0 Å². The number of ether oxygens (including phenoxy) is 1. The van der Waals surface area contributed by atoms with Crippen LogP contribution in [-0.2, 0) is 20.7 Å². The second kappa shape index (κ2) is 6.86. The summed E-state index contributed by atoms with van der Waals surface area (Å²) >= 11 is 1.52. The quantitative estimate of drug-likeness (QED) is 0.861. The van der Waals surface area contributed by atoms with Crippen LogP contribution in [0.2, 0.25) is 0 Å². The van der Waals surface area contributed by atoms with Crippen LogP contribution >= 0.6 is 11.3 Å². The van der Waals surface area contributed by atoms with E-state index >= 15 is 0 Å². The summed E-state index contributed by atoms with van der Waals surface area (Å²) in [5, 5.41) is 6.47. The monoisotopic (exact) mass is 289 g/mol. The number of esters is 1. The fourth-order valence-electron chi connectivity index (χ4n) is 1.62. The second-order valence-corrected chi connectivity index (χ2v) is 5.08. The lowest BCUT2D eigenvalue weighted by Gasteiger charge is -2.13. The fourth-order valence-corrected chi connectivity index (χ4v) is 2.29. The molecule has 0 aliphatic heterocycles. The number of carbonyl (C=O) groups excluding carboxylic acids is 2. The molecule has 0 aliphatic rings. The lowest BCUT2D eigenvalue weighted by atomic mass is 10.2. The Labute approximate surface area is 121 Å². The topological polar surface area (TPSA) is 55.4 Å². The predicted octanol–water partition coefficient (Wildman–Crippen LogP) is 2.86. The summed E-state index contributed by atoms with van der Waals surface area (Å²) in [6, 6.07) is 10.9. The Bertz CT molecular complexity index is 566. The predicted molar refractivity (Wildman–Crippen MR) is 78.6 cm³/mol. The van der Waals surface area contributed by atoms with Crippen molar-refractivity contribution in [3.63, 3.8) is 0 Å². The summed E-state index contributed by atoms with van der Waals surface area (Å²) in [6.07, 6.45) is -0.631. The molecule has 0 saturated carbocycles. The third-order valence-electron chi connectivity index (χ3n) is 2.65. The first-order valence-corrected chi connectivity index (χ1v) is 7.16. The Morgan fingerprint density at radius 1 is 1.25 bits per heavy atom. The van der Waals surface area contributed by atoms with E-state index in [9.17, 15) is 9.59 Å². The van der Waals surface area contributed by atoms with Gasteiger partial charge in [-0.3, -0.25) is 9.59 Å². The molecule has 4 nitrogen and oxygen atoms in total. The lowest BCUT2D eigenvalue weighted by Crippen LogP contribution is -2.30. The molecule has 1 heterocycles. The van der Waals surface area contributed by atoms with E-state index in [2.05, 4.69) is 5.32 Å². The van der Waals surface area contributed by atoms with E-state index in [1.165, 1.54) is 11.3 Å². The van der Waals surface area contributed by atoms with Gasteiger partial charge in [0.05, 0.1) is 6.42 Å². The highest BCUT2D eigenvalue weighted by Gasteiger charge is 2.18. The Kier molecular flexibility index (Phi) is 4.90. The molecule has 1 aromatic heterocycles. The molecule has 0 bridgehead atoms. The van der Waals surface area contributed by atoms with Gasteiger partial charge in [-0.15, -0.1) is 0 Å². The standard InChI is InChI=1S/C15H15NO3S/c1-11(15(18)16-13-5-3-2-4-6-13)19-14(17)9-12-7-8-20-10-12/h2-8,10-11H,9H2,1H3,(H,16,18)/t11-/m1/s1. The van der Waals surface area contributed by atoms with E-state index in [0.29, 0.717) is 5.69 Å². The van der Waals surface area contributed by atoms with Crippen molar-refractivity contribution in [1.29, 1.82) is 0 Å². The zero-order valence-electron chi connectivity index (χ0n) is 11.0. The van der Waals surface area contributed by atoms with Crippen LogP contribution in [0.5, 0.6) is 0 Å². The average Bonchev–Trinajstić information content (AvgIpc) is 2.92. The Morgan fingerprint density at radius 3 is 2.65 bits per heavy atom. The maximum atomic E-state index is 11.9. The molecule has 104 valence electrons. The third-order valence-corrected chi connectivity index (χ3v) is 3.38. The summed E-state index contributed by atoms with van der Waals surface area (Å²) in [5.74, 6) is -0.742. The van der Waals surface area contributed by atoms with Gasteiger partial charge < -0.3 is 10.1 Å². The lowest BCUT2D eigenvalue weighted by molar-refractivity contribution is -0.152. The van der Waals surface area contributed by atoms with Crippen LogP contribution in [0, 0.1) is 0 Å². The van der Waals surface area contributed by atoms with Gasteiger partial charge in [0.15, 0.2) is 6.10 Å². The highest BCUT2D eigenvalue weighted by Crippen LogP contribution is 2.09. The molecule has 1 amide bonds. The maximum absolute atomic E-state index is 11.9. The Balaban J connectivity index is 1.83. The summed E-state index contributed by atoms with van der Waals surface area (Å²) in [7, 11) is 0. The SMILES string of the molecule is C[C@@H](OC(=O)Cc1ccsc1)C(=O)Nc1ccccc1. The Morgan fingerprint density at radius 2 is 2.00 bits per heavy atom. The van der Waals surface area contributed by atoms with Gasteiger partial charge in [-0.25, -0.2) is 0 Å². The van der Waals surface area contributed by atoms with Crippen molar-refractivity contribution in [2.75, 3.05) is 5.32 Å². The zero-order valence-corrected chi connectivity index (χ0v) is 11.9. The maximum Gasteiger partial charge on any atom is 0.311 e. The largest absolute Gasteiger partial charge is 0.452 e. The van der Waals surface area contributed by atoms with Crippen molar-refractivity contribution in [2.45, 2.75) is 19.4 Å². The molecule has 2 rings (SSSR count).